The van der Waals surface area contributed by atoms with Crippen molar-refractivity contribution in [1.29, 1.82) is 0 Å². The Morgan fingerprint density at radius 1 is 1.29 bits per heavy atom. The van der Waals surface area contributed by atoms with E-state index < -0.39 is 0 Å². The van der Waals surface area contributed by atoms with E-state index in [-0.39, 0.29) is 17.4 Å². The minimum absolute atomic E-state index is 0.0868. The lowest BCUT2D eigenvalue weighted by molar-refractivity contribution is -0.125. The zero-order valence-electron chi connectivity index (χ0n) is 11.9. The molecule has 0 bridgehead atoms. The molecule has 1 unspecified atom stereocenters. The van der Waals surface area contributed by atoms with Gasteiger partial charge in [-0.15, -0.1) is 0 Å². The Hall–Kier alpha value is -0.570. The Morgan fingerprint density at radius 3 is 2.41 bits per heavy atom. The Balaban J connectivity index is 2.40. The molecule has 1 atom stereocenters. The van der Waals surface area contributed by atoms with E-state index in [4.69, 9.17) is 0 Å². The van der Waals surface area contributed by atoms with E-state index in [1.165, 1.54) is 32.4 Å². The zero-order chi connectivity index (χ0) is 12.9. The molecule has 1 aliphatic heterocycles. The van der Waals surface area contributed by atoms with Gasteiger partial charge in [-0.1, -0.05) is 20.3 Å². The van der Waals surface area contributed by atoms with Gasteiger partial charge >= 0.3 is 0 Å². The highest BCUT2D eigenvalue weighted by Crippen LogP contribution is 2.19. The lowest BCUT2D eigenvalue weighted by Gasteiger charge is -2.41. The Labute approximate surface area is 106 Å². The second-order valence-corrected chi connectivity index (χ2v) is 5.89. The fraction of sp³-hybridized carbons (Fsp3) is 0.929. The van der Waals surface area contributed by atoms with Crippen LogP contribution in [0.15, 0.2) is 0 Å². The van der Waals surface area contributed by atoms with E-state index in [1.54, 1.807) is 0 Å². The van der Waals surface area contributed by atoms with Gasteiger partial charge in [0, 0.05) is 18.0 Å². The summed E-state index contributed by atoms with van der Waals surface area (Å²) >= 11 is 0. The van der Waals surface area contributed by atoms with E-state index in [1.807, 2.05) is 6.92 Å². The van der Waals surface area contributed by atoms with Crippen LogP contribution in [0.1, 0.15) is 53.4 Å². The van der Waals surface area contributed by atoms with Crippen LogP contribution >= 0.6 is 0 Å². The Morgan fingerprint density at radius 2 is 1.88 bits per heavy atom. The summed E-state index contributed by atoms with van der Waals surface area (Å²) in [4.78, 5) is 14.3. The third-order valence-corrected chi connectivity index (χ3v) is 3.97. The predicted octanol–water partition coefficient (Wildman–Crippen LogP) is 2.41. The molecule has 1 N–H and O–H groups in total. The summed E-state index contributed by atoms with van der Waals surface area (Å²) in [5.41, 5.74) is 0.0868. The van der Waals surface area contributed by atoms with E-state index in [9.17, 15) is 4.79 Å². The summed E-state index contributed by atoms with van der Waals surface area (Å²) in [6, 6.07) is 0. The molecule has 3 nitrogen and oxygen atoms in total. The van der Waals surface area contributed by atoms with Crippen molar-refractivity contribution in [3.8, 4) is 0 Å². The van der Waals surface area contributed by atoms with Crippen LogP contribution in [0.25, 0.3) is 0 Å². The number of carbonyl (C=O) groups is 1. The van der Waals surface area contributed by atoms with E-state index in [0.717, 1.165) is 13.0 Å². The first-order valence-corrected chi connectivity index (χ1v) is 7.00. The number of piperidine rings is 1. The fourth-order valence-corrected chi connectivity index (χ4v) is 2.27. The summed E-state index contributed by atoms with van der Waals surface area (Å²) in [5, 5.41) is 3.09. The SMILES string of the molecule is CCC(C)C(=O)NCC(C)(C)N1CCCCC1. The second kappa shape index (κ2) is 6.39. The van der Waals surface area contributed by atoms with Crippen LogP contribution in [0, 0.1) is 5.92 Å². The molecule has 0 aromatic rings. The number of likely N-dealkylation sites (tertiary alicyclic amines) is 1. The minimum Gasteiger partial charge on any atom is -0.354 e. The van der Waals surface area contributed by atoms with Crippen LogP contribution < -0.4 is 5.32 Å². The van der Waals surface area contributed by atoms with Crippen molar-refractivity contribution in [2.24, 2.45) is 5.92 Å². The average molecular weight is 240 g/mol. The van der Waals surface area contributed by atoms with Crippen molar-refractivity contribution in [2.75, 3.05) is 19.6 Å². The van der Waals surface area contributed by atoms with Crippen LogP contribution in [0.2, 0.25) is 0 Å². The number of hydrogen-bond donors (Lipinski definition) is 1. The van der Waals surface area contributed by atoms with Gasteiger partial charge in [0.2, 0.25) is 5.91 Å². The highest BCUT2D eigenvalue weighted by molar-refractivity contribution is 5.78. The number of amides is 1. The molecule has 1 amide bonds. The van der Waals surface area contributed by atoms with Gasteiger partial charge in [0.05, 0.1) is 0 Å². The first kappa shape index (κ1) is 14.5. The summed E-state index contributed by atoms with van der Waals surface area (Å²) in [5.74, 6) is 0.324. The van der Waals surface area contributed by atoms with Gasteiger partial charge in [0.15, 0.2) is 0 Å². The molecular weight excluding hydrogens is 212 g/mol. The first-order valence-electron chi connectivity index (χ1n) is 7.00. The topological polar surface area (TPSA) is 32.3 Å². The van der Waals surface area contributed by atoms with Crippen LogP contribution in [0.5, 0.6) is 0 Å². The Kier molecular flexibility index (Phi) is 5.44. The van der Waals surface area contributed by atoms with Gasteiger partial charge in [0.25, 0.3) is 0 Å². The molecule has 0 aromatic carbocycles. The van der Waals surface area contributed by atoms with E-state index in [2.05, 4.69) is 31.0 Å². The molecule has 1 aliphatic rings. The van der Waals surface area contributed by atoms with Crippen LogP contribution in [-0.4, -0.2) is 36.0 Å². The Bertz CT molecular complexity index is 245. The lowest BCUT2D eigenvalue weighted by atomic mass is 9.98. The van der Waals surface area contributed by atoms with Crippen LogP contribution in [0.4, 0.5) is 0 Å². The van der Waals surface area contributed by atoms with Crippen molar-refractivity contribution < 1.29 is 4.79 Å². The van der Waals surface area contributed by atoms with Crippen molar-refractivity contribution >= 4 is 5.91 Å². The zero-order valence-corrected chi connectivity index (χ0v) is 11.9. The highest BCUT2D eigenvalue weighted by Gasteiger charge is 2.28. The number of nitrogens with one attached hydrogen (secondary N) is 1. The number of carbonyl (C=O) groups excluding carboxylic acids is 1. The maximum Gasteiger partial charge on any atom is 0.222 e. The molecule has 1 rings (SSSR count). The molecular formula is C14H28N2O. The van der Waals surface area contributed by atoms with Crippen molar-refractivity contribution in [3.63, 3.8) is 0 Å². The van der Waals surface area contributed by atoms with Gasteiger partial charge in [-0.05, 0) is 46.2 Å². The first-order chi connectivity index (χ1) is 7.97. The average Bonchev–Trinajstić information content (AvgIpc) is 2.36. The van der Waals surface area contributed by atoms with E-state index in [0.29, 0.717) is 0 Å². The molecule has 100 valence electrons. The fourth-order valence-electron chi connectivity index (χ4n) is 2.27. The third-order valence-electron chi connectivity index (χ3n) is 3.97. The van der Waals surface area contributed by atoms with E-state index >= 15 is 0 Å². The quantitative estimate of drug-likeness (QED) is 0.800. The van der Waals surface area contributed by atoms with Crippen LogP contribution in [-0.2, 0) is 4.79 Å². The largest absolute Gasteiger partial charge is 0.354 e. The number of hydrogen-bond acceptors (Lipinski definition) is 2. The van der Waals surface area contributed by atoms with Gasteiger partial charge in [-0.3, -0.25) is 9.69 Å². The van der Waals surface area contributed by atoms with Gasteiger partial charge in [0.1, 0.15) is 0 Å². The number of rotatable bonds is 5. The smallest absolute Gasteiger partial charge is 0.222 e. The van der Waals surface area contributed by atoms with Crippen molar-refractivity contribution in [2.45, 2.75) is 58.9 Å². The lowest BCUT2D eigenvalue weighted by Crippen LogP contribution is -2.53. The molecule has 17 heavy (non-hydrogen) atoms. The minimum atomic E-state index is 0.0868. The molecule has 0 aromatic heterocycles. The second-order valence-electron chi connectivity index (χ2n) is 5.89. The predicted molar refractivity (Wildman–Crippen MR) is 72.0 cm³/mol. The monoisotopic (exact) mass is 240 g/mol. The molecule has 1 saturated heterocycles. The summed E-state index contributed by atoms with van der Waals surface area (Å²) in [6.45, 7) is 11.6. The molecule has 1 fully saturated rings. The maximum atomic E-state index is 11.8. The molecule has 0 spiro atoms. The summed E-state index contributed by atoms with van der Waals surface area (Å²) in [7, 11) is 0. The summed E-state index contributed by atoms with van der Waals surface area (Å²) in [6.07, 6.45) is 4.85. The summed E-state index contributed by atoms with van der Waals surface area (Å²) < 4.78 is 0. The van der Waals surface area contributed by atoms with Gasteiger partial charge < -0.3 is 5.32 Å². The molecule has 0 radical (unpaired) electrons. The molecule has 0 aliphatic carbocycles. The molecule has 0 saturated carbocycles. The standard InChI is InChI=1S/C14H28N2O/c1-5-12(2)13(17)15-11-14(3,4)16-9-7-6-8-10-16/h12H,5-11H2,1-4H3,(H,15,17). The highest BCUT2D eigenvalue weighted by atomic mass is 16.1. The molecule has 1 heterocycles. The third kappa shape index (κ3) is 4.30. The molecule has 3 heteroatoms. The van der Waals surface area contributed by atoms with Crippen molar-refractivity contribution in [1.82, 2.24) is 10.2 Å². The van der Waals surface area contributed by atoms with Crippen LogP contribution in [0.3, 0.4) is 0 Å². The normalized spacial score (nSPS) is 20.0. The van der Waals surface area contributed by atoms with Gasteiger partial charge in [-0.2, -0.15) is 0 Å². The maximum absolute atomic E-state index is 11.8. The van der Waals surface area contributed by atoms with Gasteiger partial charge in [-0.25, -0.2) is 0 Å². The number of nitrogens with zero attached hydrogens (tertiary/aromatic N) is 1. The van der Waals surface area contributed by atoms with Crippen molar-refractivity contribution in [3.05, 3.63) is 0 Å².